The second-order valence-electron chi connectivity index (χ2n) is 20.0. The Morgan fingerprint density at radius 1 is 0.766 bits per heavy atom. The molecule has 2 atom stereocenters. The first-order valence-electron chi connectivity index (χ1n) is 26.7. The van der Waals surface area contributed by atoms with Crippen LogP contribution in [0.3, 0.4) is 0 Å². The number of methoxy groups -OCH3 is 2. The Balaban J connectivity index is 0.000000194. The third-order valence-corrected chi connectivity index (χ3v) is 13.5. The van der Waals surface area contributed by atoms with Crippen LogP contribution in [0.4, 0.5) is 21.2 Å². The molecule has 2 fully saturated rings. The predicted molar refractivity (Wildman–Crippen MR) is 300 cm³/mol. The van der Waals surface area contributed by atoms with Crippen molar-refractivity contribution in [2.45, 2.75) is 122 Å². The molecule has 414 valence electrons. The summed E-state index contributed by atoms with van der Waals surface area (Å²) in [6.45, 7) is 13.2. The van der Waals surface area contributed by atoms with Crippen molar-refractivity contribution < 1.29 is 28.5 Å². The number of aryl methyl sites for hydroxylation is 2. The number of rotatable bonds is 17. The van der Waals surface area contributed by atoms with E-state index in [0.29, 0.717) is 63.3 Å². The molecular weight excluding hydrogens is 1000 g/mol. The lowest BCUT2D eigenvalue weighted by molar-refractivity contribution is -0.0645. The molecule has 2 aliphatic heterocycles. The van der Waals surface area contributed by atoms with Crippen molar-refractivity contribution >= 4 is 41.5 Å². The minimum absolute atomic E-state index is 0.00175. The number of benzene rings is 2. The van der Waals surface area contributed by atoms with E-state index in [1.54, 1.807) is 49.9 Å². The zero-order valence-corrected chi connectivity index (χ0v) is 46.1. The Morgan fingerprint density at radius 2 is 1.31 bits per heavy atom. The van der Waals surface area contributed by atoms with Crippen molar-refractivity contribution in [2.24, 2.45) is 10.7 Å². The number of fused-ring (bicyclic) bond motifs is 2. The van der Waals surface area contributed by atoms with Gasteiger partial charge >= 0.3 is 12.1 Å². The number of carbonyl (C=O) groups excluding carboxylic acids is 2. The number of nitrogen functional groups attached to an aromatic ring is 1. The van der Waals surface area contributed by atoms with Crippen LogP contribution in [0.5, 0.6) is 0 Å². The summed E-state index contributed by atoms with van der Waals surface area (Å²) in [5.74, 6) is 0.437. The molecule has 2 unspecified atom stereocenters. The molecule has 2 aromatic carbocycles. The Morgan fingerprint density at radius 3 is 1.81 bits per heavy atom. The number of carbonyl (C=O) groups is 2. The van der Waals surface area contributed by atoms with Gasteiger partial charge in [-0.2, -0.15) is 5.10 Å². The number of aromatic nitrogens is 6. The van der Waals surface area contributed by atoms with Crippen molar-refractivity contribution in [3.8, 4) is 22.5 Å². The number of urea groups is 2. The van der Waals surface area contributed by atoms with Crippen LogP contribution in [-0.4, -0.2) is 142 Å². The lowest BCUT2D eigenvalue weighted by Gasteiger charge is -2.40. The minimum atomic E-state index is -0.0171. The predicted octanol–water partition coefficient (Wildman–Crippen LogP) is 8.15. The van der Waals surface area contributed by atoms with Crippen molar-refractivity contribution in [3.63, 3.8) is 0 Å². The van der Waals surface area contributed by atoms with Crippen LogP contribution in [-0.2, 0) is 38.3 Å². The number of anilines is 2. The summed E-state index contributed by atoms with van der Waals surface area (Å²) in [5, 5.41) is 13.8. The molecule has 4 aliphatic rings. The van der Waals surface area contributed by atoms with Gasteiger partial charge in [-0.1, -0.05) is 37.1 Å². The molecule has 5 heterocycles. The van der Waals surface area contributed by atoms with E-state index >= 15 is 0 Å². The molecular formula is C56H77ClN14O6. The Hall–Kier alpha value is -6.71. The maximum Gasteiger partial charge on any atom is 0.318 e. The number of ether oxygens (including phenoxy) is 4. The molecule has 5 aromatic rings. The number of likely N-dealkylation sites (tertiary alicyclic amines) is 2. The number of hydrogen-bond acceptors (Lipinski definition) is 15. The number of nitrogens with zero attached hydrogens (tertiary/aromatic N) is 9. The van der Waals surface area contributed by atoms with Gasteiger partial charge in [0.1, 0.15) is 0 Å². The second-order valence-corrected chi connectivity index (χ2v) is 20.4. The summed E-state index contributed by atoms with van der Waals surface area (Å²) in [5.41, 5.74) is 21.0. The van der Waals surface area contributed by atoms with Gasteiger partial charge in [0, 0.05) is 56.4 Å². The standard InChI is InChI=1S/C28H39N7O3.C22H27ClN4O2.C6H11N3O/c1-19(2)38-23-17-35(18-23)28(36)34-26-7-5-4-6-20-14-21(8-9-24(20)26)25-10-11-31-27(33-25)32-22(15-29)16-30-12-13-37-3;1-14(2)29-17-12-27(13-17)22(28)26-20-6-4-3-5-15-11-16(7-8-18(15)20)19-9-10-24-21(23)25-19;1-10-3-2-9-5-6(7)4-8-9/h8-11,14-16,19,23,26H,4-7,12-13,17-18,29H2,1-3H3,(H,34,36)(H,31,32,33);7-11,14,17,20H,3-6,12-13H2,1-2H3,(H,26,28);4-5H,2-3,7H2,1H3. The van der Waals surface area contributed by atoms with E-state index in [0.717, 1.165) is 80.4 Å². The number of allylic oxidation sites excluding steroid dienone is 1. The van der Waals surface area contributed by atoms with Crippen LogP contribution >= 0.6 is 11.6 Å². The molecule has 21 heteroatoms. The molecule has 0 spiro atoms. The fraction of sp³-hybridized carbons (Fsp3) is 0.500. The van der Waals surface area contributed by atoms with Gasteiger partial charge in [-0.15, -0.1) is 0 Å². The molecule has 2 aliphatic carbocycles. The highest BCUT2D eigenvalue weighted by Gasteiger charge is 2.35. The molecule has 0 radical (unpaired) electrons. The van der Waals surface area contributed by atoms with E-state index in [4.69, 9.17) is 47.0 Å². The van der Waals surface area contributed by atoms with Crippen LogP contribution < -0.4 is 27.4 Å². The van der Waals surface area contributed by atoms with E-state index in [1.807, 2.05) is 49.6 Å². The lowest BCUT2D eigenvalue weighted by atomic mass is 9.95. The summed E-state index contributed by atoms with van der Waals surface area (Å²) in [7, 11) is 3.30. The summed E-state index contributed by atoms with van der Waals surface area (Å²) in [6, 6.07) is 16.5. The van der Waals surface area contributed by atoms with Crippen molar-refractivity contribution in [3.05, 3.63) is 113 Å². The first-order valence-corrected chi connectivity index (χ1v) is 27.1. The number of nitrogens with one attached hydrogen (secondary N) is 3. The molecule has 9 rings (SSSR count). The average molecular weight is 1080 g/mol. The summed E-state index contributed by atoms with van der Waals surface area (Å²) >= 11 is 5.95. The van der Waals surface area contributed by atoms with Gasteiger partial charge in [0.05, 0.1) is 118 Å². The van der Waals surface area contributed by atoms with Crippen LogP contribution in [0.1, 0.15) is 101 Å². The van der Waals surface area contributed by atoms with Crippen molar-refractivity contribution in [1.29, 1.82) is 0 Å². The molecule has 0 bridgehead atoms. The number of hydrogen-bond donors (Lipinski definition) is 5. The normalized spacial score (nSPS) is 17.6. The van der Waals surface area contributed by atoms with Crippen molar-refractivity contribution in [2.75, 3.05) is 71.2 Å². The zero-order chi connectivity index (χ0) is 54.7. The third-order valence-electron chi connectivity index (χ3n) is 13.4. The maximum absolute atomic E-state index is 12.9. The van der Waals surface area contributed by atoms with Gasteiger partial charge in [0.15, 0.2) is 0 Å². The topological polar surface area (TPSA) is 247 Å². The highest BCUT2D eigenvalue weighted by Crippen LogP contribution is 2.34. The molecule has 7 N–H and O–H groups in total. The van der Waals surface area contributed by atoms with E-state index < -0.39 is 0 Å². The fourth-order valence-electron chi connectivity index (χ4n) is 9.53. The van der Waals surface area contributed by atoms with Crippen LogP contribution in [0.2, 0.25) is 5.28 Å². The quantitative estimate of drug-likeness (QED) is 0.0255. The Kier molecular flexibility index (Phi) is 21.9. The molecule has 3 aromatic heterocycles. The lowest BCUT2D eigenvalue weighted by Crippen LogP contribution is -2.58. The van der Waals surface area contributed by atoms with Gasteiger partial charge in [-0.25, -0.2) is 29.5 Å². The van der Waals surface area contributed by atoms with Gasteiger partial charge in [-0.3, -0.25) is 9.67 Å². The SMILES string of the molecule is CC(C)OC1CN(C(=O)NC2CCCCc3cc(-c4ccnc(Cl)n4)ccc32)C1.COCCN=CC(=CN)Nc1nccc(-c2ccc3c(c2)CCCCC3NC(=O)N2CC(OC(C)C)C2)n1.COCCn1cc(N)cn1. The van der Waals surface area contributed by atoms with Crippen LogP contribution in [0.25, 0.3) is 22.5 Å². The molecule has 4 amide bonds. The van der Waals surface area contributed by atoms with Gasteiger partial charge in [0.25, 0.3) is 0 Å². The number of aliphatic imine (C=N–C) groups is 1. The monoisotopic (exact) mass is 1080 g/mol. The fourth-order valence-corrected chi connectivity index (χ4v) is 9.67. The van der Waals surface area contributed by atoms with E-state index in [2.05, 4.69) is 77.4 Å². The summed E-state index contributed by atoms with van der Waals surface area (Å²) in [6.07, 6.45) is 18.7. The number of amides is 4. The minimum Gasteiger partial charge on any atom is -0.403 e. The molecule has 77 heavy (non-hydrogen) atoms. The first kappa shape index (κ1) is 58.0. The molecule has 2 saturated heterocycles. The Bertz CT molecular complexity index is 2740. The highest BCUT2D eigenvalue weighted by molar-refractivity contribution is 6.28. The molecule has 20 nitrogen and oxygen atoms in total. The third kappa shape index (κ3) is 17.4. The van der Waals surface area contributed by atoms with E-state index in [-0.39, 0.29) is 53.8 Å². The van der Waals surface area contributed by atoms with Gasteiger partial charge in [0.2, 0.25) is 11.2 Å². The smallest absolute Gasteiger partial charge is 0.318 e. The number of nitrogens with two attached hydrogens (primary N) is 2. The van der Waals surface area contributed by atoms with Gasteiger partial charge < -0.3 is 56.2 Å². The number of halogens is 1. The molecule has 0 saturated carbocycles. The largest absolute Gasteiger partial charge is 0.403 e. The van der Waals surface area contributed by atoms with Crippen LogP contribution in [0.15, 0.2) is 90.2 Å². The van der Waals surface area contributed by atoms with Gasteiger partial charge in [-0.05, 0) is 124 Å². The average Bonchev–Trinajstić information content (AvgIpc) is 3.57. The zero-order valence-electron chi connectivity index (χ0n) is 45.4. The van der Waals surface area contributed by atoms with E-state index in [1.165, 1.54) is 28.5 Å². The second kappa shape index (κ2) is 29.1. The van der Waals surface area contributed by atoms with E-state index in [9.17, 15) is 9.59 Å². The van der Waals surface area contributed by atoms with Crippen LogP contribution in [0, 0.1) is 0 Å². The summed E-state index contributed by atoms with van der Waals surface area (Å²) < 4.78 is 23.2. The van der Waals surface area contributed by atoms with Crippen molar-refractivity contribution in [1.82, 2.24) is 50.1 Å². The first-order chi connectivity index (χ1) is 37.3. The maximum atomic E-state index is 12.9. The Labute approximate surface area is 457 Å². The summed E-state index contributed by atoms with van der Waals surface area (Å²) in [4.78, 5) is 50.8. The highest BCUT2D eigenvalue weighted by atomic mass is 35.5.